The van der Waals surface area contributed by atoms with E-state index in [2.05, 4.69) is 0 Å². The van der Waals surface area contributed by atoms with E-state index in [1.54, 1.807) is 0 Å². The van der Waals surface area contributed by atoms with Crippen LogP contribution in [-0.4, -0.2) is 0 Å². The van der Waals surface area contributed by atoms with Gasteiger partial charge in [0.05, 0.1) is 0 Å². The first-order chi connectivity index (χ1) is 0. The normalized spacial score (nSPS) is 0. The molecule has 0 aliphatic heterocycles. The Kier molecular flexibility index (Phi) is 0. The van der Waals surface area contributed by atoms with Gasteiger partial charge in [0.25, 0.3) is 0 Å². The summed E-state index contributed by atoms with van der Waals surface area (Å²) in [4.78, 5) is 0. The van der Waals surface area contributed by atoms with Gasteiger partial charge in [-0.3, -0.25) is 0 Å². The second kappa shape index (κ2) is 0. The van der Waals surface area contributed by atoms with Gasteiger partial charge in [-0.05, 0) is 0 Å². The van der Waals surface area contributed by atoms with Crippen molar-refractivity contribution in [2.24, 2.45) is 0 Å². The highest BCUT2D eigenvalue weighted by Gasteiger charge is 0.00500. The molecule has 0 heterocycles. The summed E-state index contributed by atoms with van der Waals surface area (Å²) in [7, 11) is 0. The van der Waals surface area contributed by atoms with Crippen LogP contribution in [0.5, 0.6) is 0 Å². The van der Waals surface area contributed by atoms with E-state index < -0.39 is 0 Å². The second-order valence-corrected chi connectivity index (χ2v) is 0. The predicted molar refractivity (Wildman–Crippen MR) is 19.5 cm³/mol. The minimum atomic E-state index is 0. The van der Waals surface area contributed by atoms with Crippen molar-refractivity contribution in [1.29, 1.82) is 0 Å². The van der Waals surface area contributed by atoms with Crippen molar-refractivity contribution in [1.82, 2.24) is 0 Å². The summed E-state index contributed by atoms with van der Waals surface area (Å²) in [6.45, 7) is 0. The summed E-state index contributed by atoms with van der Waals surface area (Å²) in [6.07, 6.45) is 0. The van der Waals surface area contributed by atoms with Crippen LogP contribution in [0.25, 0.3) is 0 Å². The largest absolute Gasteiger partial charge is 0 e. The Bertz CT molecular complexity index is 0. The summed E-state index contributed by atoms with van der Waals surface area (Å²) in [5.74, 6) is 0. The van der Waals surface area contributed by atoms with Crippen molar-refractivity contribution in [2.75, 3.05) is 0 Å². The van der Waals surface area contributed by atoms with Gasteiger partial charge in [-0.2, -0.15) is 0 Å². The first-order valence-electron chi connectivity index (χ1n) is 0. The summed E-state index contributed by atoms with van der Waals surface area (Å²) >= 11 is 0. The van der Waals surface area contributed by atoms with Gasteiger partial charge in [-0.25, -0.2) is 0 Å². The topological polar surface area (TPSA) is 0 Å². The maximum atomic E-state index is 0. The fraction of sp³-hybridized carbons (Fsp3) is 0. The highest BCUT2D eigenvalue weighted by Crippen LogP contribution is 0.0863. The van der Waals surface area contributed by atoms with Crippen molar-refractivity contribution in [3.05, 3.63) is 44.6 Å². The molecule has 0 saturated heterocycles. The van der Waals surface area contributed by atoms with Gasteiger partial charge in [0.2, 0.25) is 0 Å². The second-order valence-electron chi connectivity index (χ2n) is 0. The molecule has 0 unspecified atom stereocenters. The summed E-state index contributed by atoms with van der Waals surface area (Å²) < 4.78 is 0. The number of hydrogen-bond donors (Lipinski definition) is 0. The van der Waals surface area contributed by atoms with E-state index in [0.717, 1.165) is 0 Å². The summed E-state index contributed by atoms with van der Waals surface area (Å²) in [5, 5.41) is 0. The molecule has 0 amide bonds. The predicted octanol–water partition coefficient (Wildman–Crippen LogP) is 0.488. The molecule has 0 aromatic rings. The van der Waals surface area contributed by atoms with Crippen LogP contribution in [0.15, 0.2) is 0 Å². The third-order valence-electron chi connectivity index (χ3n) is 0. The van der Waals surface area contributed by atoms with Gasteiger partial charge in [-0.15, -0.1) is 0 Å². The van der Waals surface area contributed by atoms with Crippen molar-refractivity contribution in [3.8, 4) is 0 Å². The third kappa shape index (κ3) is 0. The zero-order valence-corrected chi connectivity index (χ0v) is 3.00. The average molecular weight is 72.1 g/mol. The average Bonchev–Trinajstić information content (AvgIpc) is 0. The quantitative estimate of drug-likeness (QED) is 0.390. The van der Waals surface area contributed by atoms with Crippen molar-refractivity contribution < 1.29 is 0 Å². The van der Waals surface area contributed by atoms with E-state index in [1.165, 1.54) is 0 Å². The van der Waals surface area contributed by atoms with E-state index in [-0.39, 0.29) is 44.6 Å². The molecule has 0 rings (SSSR count). The molecular weight excluding hydrogens is 72.1 g/mol. The molecule has 0 spiro atoms. The van der Waals surface area contributed by atoms with Gasteiger partial charge in [0.1, 0.15) is 0 Å². The molecule has 0 atom stereocenters. The van der Waals surface area contributed by atoms with Crippen LogP contribution in [0.3, 0.4) is 0 Å². The summed E-state index contributed by atoms with van der Waals surface area (Å²) in [5.41, 5.74) is 0. The lowest BCUT2D eigenvalue weighted by Gasteiger charge is -0.00100. The van der Waals surface area contributed by atoms with E-state index >= 15 is 0 Å². The lowest BCUT2D eigenvalue weighted by molar-refractivity contribution is 3.24. The van der Waals surface area contributed by atoms with E-state index in [9.17, 15) is 0 Å². The Hall–Kier alpha value is 0. The van der Waals surface area contributed by atoms with E-state index in [4.69, 9.17) is 0 Å². The molecule has 0 bridgehead atoms. The maximum absolute atomic E-state index is 0. The van der Waals surface area contributed by atoms with Crippen LogP contribution in [0, 0.1) is 44.6 Å². The van der Waals surface area contributed by atoms with Crippen molar-refractivity contribution in [2.45, 2.75) is 0 Å². The van der Waals surface area contributed by atoms with Crippen molar-refractivity contribution >= 4 is 0 Å². The van der Waals surface area contributed by atoms with Crippen LogP contribution >= 0.6 is 0 Å². The molecule has 0 heteroatoms. The molecule has 24 radical (unpaired) electrons. The fourth-order valence-corrected chi connectivity index (χ4v) is 0. The Morgan fingerprint density at radius 3 is 0.167 bits per heavy atom. The van der Waals surface area contributed by atoms with Crippen LogP contribution in [0.4, 0.5) is 0 Å². The molecule has 24 valence electrons. The molecule has 0 nitrogen and oxygen atoms in total. The number of rotatable bonds is 0. The molecule has 6 heavy (non-hydrogen) atoms. The molecule has 0 aromatic heterocycles. The Morgan fingerprint density at radius 1 is 0.167 bits per heavy atom. The number of hydrogen-bond acceptors (Lipinski definition) is 0. The molecule has 0 aliphatic rings. The lowest BCUT2D eigenvalue weighted by Crippen LogP contribution is 0.0803. The highest BCUT2D eigenvalue weighted by atomic mass is 12.0. The molecule has 0 aromatic carbocycles. The monoisotopic (exact) mass is 72.0 g/mol. The third-order valence-corrected chi connectivity index (χ3v) is 0. The standard InChI is InChI=1S/6C. The zero-order valence-electron chi connectivity index (χ0n) is 3.00. The molecule has 0 aliphatic carbocycles. The molecule has 0 fully saturated rings. The van der Waals surface area contributed by atoms with Crippen LogP contribution < -0.4 is 0 Å². The van der Waals surface area contributed by atoms with Gasteiger partial charge in [0, 0.05) is 44.6 Å². The Labute approximate surface area is 45.6 Å². The molecular formula is C6. The Balaban J connectivity index is 0. The van der Waals surface area contributed by atoms with Gasteiger partial charge < -0.3 is 0 Å². The fourth-order valence-electron chi connectivity index (χ4n) is 0. The van der Waals surface area contributed by atoms with Gasteiger partial charge >= 0.3 is 0 Å². The van der Waals surface area contributed by atoms with Gasteiger partial charge in [0.15, 0.2) is 0 Å². The van der Waals surface area contributed by atoms with E-state index in [0.29, 0.717) is 0 Å². The zero-order chi connectivity index (χ0) is 0. The lowest BCUT2D eigenvalue weighted by atomic mass is 12.0. The Morgan fingerprint density at radius 2 is 0.167 bits per heavy atom. The highest BCUT2D eigenvalue weighted by molar-refractivity contribution is 3.25. The van der Waals surface area contributed by atoms with Crippen LogP contribution in [0.1, 0.15) is 0 Å². The smallest absolute Gasteiger partial charge is 0 e. The SMILES string of the molecule is [C].[C].[C].[C].[C].[C]. The van der Waals surface area contributed by atoms with Crippen LogP contribution in [0.2, 0.25) is 0 Å². The van der Waals surface area contributed by atoms with Crippen molar-refractivity contribution in [3.63, 3.8) is 0 Å². The summed E-state index contributed by atoms with van der Waals surface area (Å²) in [6, 6.07) is 0. The maximum Gasteiger partial charge on any atom is 0 e. The van der Waals surface area contributed by atoms with Gasteiger partial charge in [-0.1, -0.05) is 0 Å². The minimum absolute atomic E-state index is 0. The molecule has 0 saturated carbocycles. The minimum Gasteiger partial charge on any atom is 0 e. The molecule has 0 N–H and O–H groups in total. The van der Waals surface area contributed by atoms with Crippen LogP contribution in [-0.2, 0) is 0 Å². The van der Waals surface area contributed by atoms with E-state index in [1.807, 2.05) is 0 Å². The first kappa shape index (κ1) is 0. The first-order valence-corrected chi connectivity index (χ1v) is 0.